The maximum atomic E-state index is 13.6. The Morgan fingerprint density at radius 1 is 1.16 bits per heavy atom. The van der Waals surface area contributed by atoms with Gasteiger partial charge in [0.2, 0.25) is 5.91 Å². The van der Waals surface area contributed by atoms with Crippen molar-refractivity contribution in [2.24, 2.45) is 0 Å². The molecule has 1 heterocycles. The summed E-state index contributed by atoms with van der Waals surface area (Å²) < 4.78 is 45.5. The van der Waals surface area contributed by atoms with Crippen molar-refractivity contribution in [1.29, 1.82) is 0 Å². The number of nitrogens with zero attached hydrogens (tertiary/aromatic N) is 2. The van der Waals surface area contributed by atoms with Crippen molar-refractivity contribution in [3.63, 3.8) is 0 Å². The van der Waals surface area contributed by atoms with Crippen LogP contribution in [-0.2, 0) is 17.4 Å². The second kappa shape index (κ2) is 9.53. The highest BCUT2D eigenvalue weighted by Crippen LogP contribution is 2.41. The van der Waals surface area contributed by atoms with Crippen LogP contribution in [0.5, 0.6) is 5.75 Å². The molecular formula is C23H27F3N2O2S. The molecule has 4 nitrogen and oxygen atoms in total. The van der Waals surface area contributed by atoms with Crippen molar-refractivity contribution < 1.29 is 22.7 Å². The van der Waals surface area contributed by atoms with E-state index >= 15 is 0 Å². The van der Waals surface area contributed by atoms with Crippen LogP contribution in [0.4, 0.5) is 18.9 Å². The van der Waals surface area contributed by atoms with E-state index in [2.05, 4.69) is 0 Å². The van der Waals surface area contributed by atoms with Crippen molar-refractivity contribution in [1.82, 2.24) is 4.90 Å². The van der Waals surface area contributed by atoms with E-state index in [1.165, 1.54) is 23.9 Å². The van der Waals surface area contributed by atoms with Gasteiger partial charge in [-0.2, -0.15) is 24.9 Å². The van der Waals surface area contributed by atoms with Gasteiger partial charge < -0.3 is 14.5 Å². The van der Waals surface area contributed by atoms with Gasteiger partial charge in [-0.25, -0.2) is 0 Å². The molecule has 8 heteroatoms. The second-order valence-electron chi connectivity index (χ2n) is 7.87. The van der Waals surface area contributed by atoms with Gasteiger partial charge in [0, 0.05) is 24.7 Å². The van der Waals surface area contributed by atoms with Crippen LogP contribution in [0.25, 0.3) is 0 Å². The van der Waals surface area contributed by atoms with Crippen molar-refractivity contribution in [2.75, 3.05) is 45.5 Å². The molecule has 3 rings (SSSR count). The number of anilines is 1. The number of carbonyl (C=O) groups is 1. The Kier molecular flexibility index (Phi) is 7.21. The predicted molar refractivity (Wildman–Crippen MR) is 119 cm³/mol. The number of alkyl halides is 3. The maximum absolute atomic E-state index is 13.6. The summed E-state index contributed by atoms with van der Waals surface area (Å²) in [5, 5.41) is -0.405. The van der Waals surface area contributed by atoms with Crippen LogP contribution < -0.4 is 9.64 Å². The molecule has 1 aliphatic rings. The number of benzene rings is 2. The highest BCUT2D eigenvalue weighted by atomic mass is 32.2. The molecule has 0 fully saturated rings. The first-order valence-corrected chi connectivity index (χ1v) is 11.3. The zero-order valence-corrected chi connectivity index (χ0v) is 18.9. The van der Waals surface area contributed by atoms with Gasteiger partial charge in [0.25, 0.3) is 0 Å². The molecule has 31 heavy (non-hydrogen) atoms. The number of ether oxygens (including phenoxy) is 1. The Labute approximate surface area is 185 Å². The van der Waals surface area contributed by atoms with E-state index < -0.39 is 17.0 Å². The maximum Gasteiger partial charge on any atom is 0.416 e. The van der Waals surface area contributed by atoms with E-state index in [1.807, 2.05) is 49.5 Å². The molecule has 0 saturated carbocycles. The van der Waals surface area contributed by atoms with Gasteiger partial charge in [0.1, 0.15) is 5.75 Å². The van der Waals surface area contributed by atoms with E-state index in [9.17, 15) is 18.0 Å². The lowest BCUT2D eigenvalue weighted by molar-refractivity contribution is -0.137. The number of carbonyl (C=O) groups excluding carboxylic acids is 1. The summed E-state index contributed by atoms with van der Waals surface area (Å²) in [5.41, 5.74) is 1.32. The van der Waals surface area contributed by atoms with E-state index in [-0.39, 0.29) is 11.8 Å². The van der Waals surface area contributed by atoms with Gasteiger partial charge in [0.05, 0.1) is 17.9 Å². The first-order valence-electron chi connectivity index (χ1n) is 9.98. The molecular weight excluding hydrogens is 425 g/mol. The molecule has 1 amide bonds. The predicted octanol–water partition coefficient (Wildman–Crippen LogP) is 4.68. The summed E-state index contributed by atoms with van der Waals surface area (Å²) in [6.07, 6.45) is -2.21. The van der Waals surface area contributed by atoms with Crippen LogP contribution in [0.3, 0.4) is 0 Å². The van der Waals surface area contributed by atoms with Crippen LogP contribution in [0, 0.1) is 0 Å². The van der Waals surface area contributed by atoms with Gasteiger partial charge >= 0.3 is 6.18 Å². The fourth-order valence-electron chi connectivity index (χ4n) is 3.92. The lowest BCUT2D eigenvalue weighted by Gasteiger charge is -2.28. The molecule has 0 bridgehead atoms. The largest absolute Gasteiger partial charge is 0.497 e. The smallest absolute Gasteiger partial charge is 0.416 e. The van der Waals surface area contributed by atoms with Gasteiger partial charge in [-0.3, -0.25) is 4.79 Å². The number of fused-ring (bicyclic) bond motifs is 1. The van der Waals surface area contributed by atoms with Crippen molar-refractivity contribution in [3.8, 4) is 5.75 Å². The summed E-state index contributed by atoms with van der Waals surface area (Å²) in [6, 6.07) is 11.1. The Morgan fingerprint density at radius 2 is 1.84 bits per heavy atom. The van der Waals surface area contributed by atoms with Crippen molar-refractivity contribution in [2.45, 2.75) is 23.8 Å². The molecule has 1 aliphatic heterocycles. The van der Waals surface area contributed by atoms with Gasteiger partial charge in [0.15, 0.2) is 0 Å². The van der Waals surface area contributed by atoms with Crippen LogP contribution in [0.15, 0.2) is 42.5 Å². The molecule has 2 aromatic rings. The zero-order valence-electron chi connectivity index (χ0n) is 18.1. The molecule has 2 atom stereocenters. The Balaban J connectivity index is 2.11. The Hall–Kier alpha value is -2.19. The van der Waals surface area contributed by atoms with Gasteiger partial charge in [-0.1, -0.05) is 12.1 Å². The van der Waals surface area contributed by atoms with E-state index in [1.54, 1.807) is 12.0 Å². The minimum Gasteiger partial charge on any atom is -0.497 e. The van der Waals surface area contributed by atoms with Gasteiger partial charge in [-0.15, -0.1) is 0 Å². The first-order chi connectivity index (χ1) is 14.7. The summed E-state index contributed by atoms with van der Waals surface area (Å²) in [7, 11) is 5.39. The van der Waals surface area contributed by atoms with Crippen molar-refractivity contribution >= 4 is 23.4 Å². The molecule has 0 aromatic heterocycles. The average Bonchev–Trinajstić information content (AvgIpc) is 2.84. The Bertz CT molecular complexity index is 916. The molecule has 0 spiro atoms. The number of methoxy groups -OCH3 is 1. The molecule has 0 N–H and O–H groups in total. The molecule has 0 radical (unpaired) electrons. The minimum atomic E-state index is -4.44. The number of likely N-dealkylation sites (N-methyl/N-ethyl adjacent to an activating group) is 1. The standard InChI is InChI=1S/C23H27F3N2O2S/c1-27(2)11-12-28-20-10-7-17(23(24,25)26)13-16(20)14-19(21(31-4)22(28)29)15-5-8-18(30-3)9-6-15/h5-10,13,19,21H,11-12,14H2,1-4H3/t19-,21-/m0/s1. The molecule has 2 aromatic carbocycles. The third-order valence-electron chi connectivity index (χ3n) is 5.58. The highest BCUT2D eigenvalue weighted by Gasteiger charge is 2.39. The molecule has 0 saturated heterocycles. The lowest BCUT2D eigenvalue weighted by Crippen LogP contribution is -2.42. The van der Waals surface area contributed by atoms with Gasteiger partial charge in [-0.05, 0) is 68.2 Å². The summed E-state index contributed by atoms with van der Waals surface area (Å²) >= 11 is 1.44. The lowest BCUT2D eigenvalue weighted by atomic mass is 9.88. The first kappa shape index (κ1) is 23.5. The van der Waals surface area contributed by atoms with Crippen LogP contribution in [0.2, 0.25) is 0 Å². The van der Waals surface area contributed by atoms with E-state index in [4.69, 9.17) is 4.74 Å². The topological polar surface area (TPSA) is 32.8 Å². The second-order valence-corrected chi connectivity index (χ2v) is 8.85. The number of halogens is 3. The highest BCUT2D eigenvalue weighted by molar-refractivity contribution is 8.00. The fourth-order valence-corrected chi connectivity index (χ4v) is 4.83. The van der Waals surface area contributed by atoms with E-state index in [0.717, 1.165) is 11.6 Å². The van der Waals surface area contributed by atoms with Crippen LogP contribution in [0.1, 0.15) is 22.6 Å². The average molecular weight is 453 g/mol. The third-order valence-corrected chi connectivity index (χ3v) is 6.62. The van der Waals surface area contributed by atoms with E-state index in [0.29, 0.717) is 36.5 Å². The zero-order chi connectivity index (χ0) is 22.8. The molecule has 168 valence electrons. The fraction of sp³-hybridized carbons (Fsp3) is 0.435. The van der Waals surface area contributed by atoms with Crippen molar-refractivity contribution in [3.05, 3.63) is 59.2 Å². The molecule has 0 unspecified atom stereocenters. The quantitative estimate of drug-likeness (QED) is 0.637. The Morgan fingerprint density at radius 3 is 2.39 bits per heavy atom. The van der Waals surface area contributed by atoms with Crippen LogP contribution in [-0.4, -0.2) is 56.6 Å². The number of rotatable bonds is 6. The third kappa shape index (κ3) is 5.18. The van der Waals surface area contributed by atoms with Crippen LogP contribution >= 0.6 is 11.8 Å². The summed E-state index contributed by atoms with van der Waals surface area (Å²) in [5.74, 6) is 0.366. The minimum absolute atomic E-state index is 0.0753. The monoisotopic (exact) mass is 452 g/mol. The SMILES string of the molecule is COc1ccc([C@@H]2Cc3cc(C(F)(F)F)ccc3N(CCN(C)C)C(=O)[C@H]2SC)cc1. The number of thioether (sulfide) groups is 1. The summed E-state index contributed by atoms with van der Waals surface area (Å²) in [6.45, 7) is 1.02. The number of hydrogen-bond donors (Lipinski definition) is 0. The summed E-state index contributed by atoms with van der Waals surface area (Å²) in [4.78, 5) is 17.2. The number of hydrogen-bond acceptors (Lipinski definition) is 4. The number of amides is 1. The molecule has 0 aliphatic carbocycles. The normalized spacial score (nSPS) is 19.4.